The molecule has 1 aliphatic heterocycles. The zero-order valence-electron chi connectivity index (χ0n) is 12.5. The van der Waals surface area contributed by atoms with Gasteiger partial charge in [-0.2, -0.15) is 5.26 Å². The number of rotatable bonds is 4. The van der Waals surface area contributed by atoms with Crippen LogP contribution >= 0.6 is 11.6 Å². The predicted molar refractivity (Wildman–Crippen MR) is 82.7 cm³/mol. The lowest BCUT2D eigenvalue weighted by molar-refractivity contribution is 0.0560. The Hall–Kier alpha value is -1.15. The average Bonchev–Trinajstić information content (AvgIpc) is 2.50. The largest absolute Gasteiger partial charge is 0.301 e. The molecule has 0 radical (unpaired) electrons. The van der Waals surface area contributed by atoms with E-state index in [1.165, 1.54) is 6.07 Å². The summed E-state index contributed by atoms with van der Waals surface area (Å²) >= 11 is 6.14. The van der Waals surface area contributed by atoms with Crippen molar-refractivity contribution >= 4 is 11.6 Å². The van der Waals surface area contributed by atoms with Crippen LogP contribution in [-0.4, -0.2) is 42.0 Å². The Labute approximate surface area is 130 Å². The van der Waals surface area contributed by atoms with Gasteiger partial charge in [0.1, 0.15) is 11.9 Å². The van der Waals surface area contributed by atoms with Gasteiger partial charge in [0.15, 0.2) is 0 Å². The molecule has 21 heavy (non-hydrogen) atoms. The van der Waals surface area contributed by atoms with E-state index < -0.39 is 11.9 Å². The molecule has 1 aliphatic rings. The Bertz CT molecular complexity index is 508. The molecule has 5 heteroatoms. The molecule has 2 atom stereocenters. The highest BCUT2D eigenvalue weighted by molar-refractivity contribution is 6.31. The molecule has 114 valence electrons. The maximum absolute atomic E-state index is 14.1. The van der Waals surface area contributed by atoms with Crippen LogP contribution in [0.4, 0.5) is 4.39 Å². The second-order valence-electron chi connectivity index (χ2n) is 5.36. The summed E-state index contributed by atoms with van der Waals surface area (Å²) in [4.78, 5) is 4.46. The van der Waals surface area contributed by atoms with Crippen LogP contribution < -0.4 is 0 Å². The van der Waals surface area contributed by atoms with Crippen LogP contribution in [0.3, 0.4) is 0 Å². The summed E-state index contributed by atoms with van der Waals surface area (Å²) in [5.41, 5.74) is 0.310. The Balaban J connectivity index is 2.31. The molecular weight excluding hydrogens is 289 g/mol. The summed E-state index contributed by atoms with van der Waals surface area (Å²) in [5.74, 6) is -0.401. The minimum Gasteiger partial charge on any atom is -0.301 e. The quantitative estimate of drug-likeness (QED) is 0.853. The molecule has 3 nitrogen and oxygen atoms in total. The van der Waals surface area contributed by atoms with Crippen molar-refractivity contribution in [3.8, 4) is 6.07 Å². The molecule has 0 amide bonds. The summed E-state index contributed by atoms with van der Waals surface area (Å²) in [6.45, 7) is 7.82. The molecule has 1 aromatic rings. The highest BCUT2D eigenvalue weighted by Gasteiger charge is 2.33. The standard InChI is InChI=1S/C16H21ClFN3/c1-3-12-11-20(4-2)8-9-21(12)15(10-19)16-13(17)6-5-7-14(16)18/h5-7,12,15H,3-4,8-9,11H2,1-2H3. The second kappa shape index (κ2) is 7.22. The van der Waals surface area contributed by atoms with Crippen molar-refractivity contribution < 1.29 is 4.39 Å². The maximum atomic E-state index is 14.1. The minimum atomic E-state index is -0.623. The van der Waals surface area contributed by atoms with Crippen LogP contribution in [0.25, 0.3) is 0 Å². The number of nitriles is 1. The van der Waals surface area contributed by atoms with Crippen LogP contribution in [0, 0.1) is 17.1 Å². The van der Waals surface area contributed by atoms with E-state index in [0.29, 0.717) is 10.6 Å². The van der Waals surface area contributed by atoms with E-state index in [4.69, 9.17) is 11.6 Å². The molecule has 0 spiro atoms. The monoisotopic (exact) mass is 309 g/mol. The van der Waals surface area contributed by atoms with Crippen molar-refractivity contribution in [3.05, 3.63) is 34.6 Å². The van der Waals surface area contributed by atoms with Gasteiger partial charge in [0, 0.05) is 36.3 Å². The summed E-state index contributed by atoms with van der Waals surface area (Å²) in [5, 5.41) is 9.91. The van der Waals surface area contributed by atoms with Gasteiger partial charge in [0.25, 0.3) is 0 Å². The third kappa shape index (κ3) is 3.37. The molecular formula is C16H21ClFN3. The van der Waals surface area contributed by atoms with Gasteiger partial charge in [-0.25, -0.2) is 4.39 Å². The van der Waals surface area contributed by atoms with E-state index in [2.05, 4.69) is 29.7 Å². The van der Waals surface area contributed by atoms with Crippen molar-refractivity contribution in [2.24, 2.45) is 0 Å². The highest BCUT2D eigenvalue weighted by atomic mass is 35.5. The van der Waals surface area contributed by atoms with Gasteiger partial charge in [-0.3, -0.25) is 4.90 Å². The second-order valence-corrected chi connectivity index (χ2v) is 5.77. The van der Waals surface area contributed by atoms with Crippen molar-refractivity contribution in [2.75, 3.05) is 26.2 Å². The van der Waals surface area contributed by atoms with Crippen molar-refractivity contribution in [1.82, 2.24) is 9.80 Å². The summed E-state index contributed by atoms with van der Waals surface area (Å²) in [7, 11) is 0. The minimum absolute atomic E-state index is 0.249. The molecule has 0 N–H and O–H groups in total. The average molecular weight is 310 g/mol. The summed E-state index contributed by atoms with van der Waals surface area (Å²) in [6.07, 6.45) is 0.931. The summed E-state index contributed by atoms with van der Waals surface area (Å²) < 4.78 is 14.1. The zero-order chi connectivity index (χ0) is 15.4. The van der Waals surface area contributed by atoms with E-state index in [0.717, 1.165) is 32.6 Å². The van der Waals surface area contributed by atoms with E-state index in [1.807, 2.05) is 0 Å². The van der Waals surface area contributed by atoms with Crippen molar-refractivity contribution in [3.63, 3.8) is 0 Å². The molecule has 0 bridgehead atoms. The smallest absolute Gasteiger partial charge is 0.130 e. The van der Waals surface area contributed by atoms with Gasteiger partial charge in [-0.15, -0.1) is 0 Å². The molecule has 2 unspecified atom stereocenters. The first kappa shape index (κ1) is 16.2. The Morgan fingerprint density at radius 3 is 2.76 bits per heavy atom. The fourth-order valence-electron chi connectivity index (χ4n) is 3.00. The van der Waals surface area contributed by atoms with Gasteiger partial charge >= 0.3 is 0 Å². The first-order valence-electron chi connectivity index (χ1n) is 7.43. The number of hydrogen-bond donors (Lipinski definition) is 0. The molecule has 0 aromatic heterocycles. The third-order valence-corrected chi connectivity index (χ3v) is 4.59. The van der Waals surface area contributed by atoms with Crippen LogP contribution in [0.5, 0.6) is 0 Å². The number of benzene rings is 1. The topological polar surface area (TPSA) is 30.3 Å². The number of piperazine rings is 1. The van der Waals surface area contributed by atoms with Crippen molar-refractivity contribution in [2.45, 2.75) is 32.4 Å². The third-order valence-electron chi connectivity index (χ3n) is 4.26. The highest BCUT2D eigenvalue weighted by Crippen LogP contribution is 2.32. The fourth-order valence-corrected chi connectivity index (χ4v) is 3.27. The molecule has 0 saturated carbocycles. The number of hydrogen-bond acceptors (Lipinski definition) is 3. The number of halogens is 2. The first-order chi connectivity index (χ1) is 10.1. The lowest BCUT2D eigenvalue weighted by Gasteiger charge is -2.43. The van der Waals surface area contributed by atoms with Crippen LogP contribution in [-0.2, 0) is 0 Å². The van der Waals surface area contributed by atoms with E-state index in [9.17, 15) is 9.65 Å². The van der Waals surface area contributed by atoms with Gasteiger partial charge in [-0.1, -0.05) is 31.5 Å². The molecule has 1 saturated heterocycles. The molecule has 1 aromatic carbocycles. The SMILES string of the molecule is CCC1CN(CC)CCN1C(C#N)c1c(F)cccc1Cl. The normalized spacial score (nSPS) is 22.0. The number of nitrogens with zero attached hydrogens (tertiary/aromatic N) is 3. The van der Waals surface area contributed by atoms with Crippen LogP contribution in [0.15, 0.2) is 18.2 Å². The van der Waals surface area contributed by atoms with E-state index in [1.54, 1.807) is 12.1 Å². The Morgan fingerprint density at radius 2 is 2.19 bits per heavy atom. The molecule has 0 aliphatic carbocycles. The van der Waals surface area contributed by atoms with Crippen LogP contribution in [0.2, 0.25) is 5.02 Å². The van der Waals surface area contributed by atoms with Gasteiger partial charge in [0.05, 0.1) is 6.07 Å². The Kier molecular flexibility index (Phi) is 5.58. The predicted octanol–water partition coefficient (Wildman–Crippen LogP) is 3.46. The molecule has 1 heterocycles. The summed E-state index contributed by atoms with van der Waals surface area (Å²) in [6, 6.07) is 6.46. The maximum Gasteiger partial charge on any atom is 0.130 e. The van der Waals surface area contributed by atoms with Gasteiger partial charge < -0.3 is 4.90 Å². The van der Waals surface area contributed by atoms with Crippen LogP contribution in [0.1, 0.15) is 31.9 Å². The Morgan fingerprint density at radius 1 is 1.43 bits per heavy atom. The number of likely N-dealkylation sites (N-methyl/N-ethyl adjacent to an activating group) is 1. The van der Waals surface area contributed by atoms with E-state index >= 15 is 0 Å². The fraction of sp³-hybridized carbons (Fsp3) is 0.562. The zero-order valence-corrected chi connectivity index (χ0v) is 13.3. The van der Waals surface area contributed by atoms with E-state index in [-0.39, 0.29) is 6.04 Å². The first-order valence-corrected chi connectivity index (χ1v) is 7.81. The lowest BCUT2D eigenvalue weighted by Crippen LogP contribution is -2.53. The van der Waals surface area contributed by atoms with Gasteiger partial charge in [0.2, 0.25) is 0 Å². The van der Waals surface area contributed by atoms with Gasteiger partial charge in [-0.05, 0) is 25.1 Å². The molecule has 2 rings (SSSR count). The van der Waals surface area contributed by atoms with Crippen molar-refractivity contribution in [1.29, 1.82) is 5.26 Å². The lowest BCUT2D eigenvalue weighted by atomic mass is 10.0. The molecule has 1 fully saturated rings.